The fourth-order valence-electron chi connectivity index (χ4n) is 0.764. The van der Waals surface area contributed by atoms with Crippen molar-refractivity contribution in [2.45, 2.75) is 6.43 Å². The van der Waals surface area contributed by atoms with Gasteiger partial charge in [-0.15, -0.1) is 0 Å². The van der Waals surface area contributed by atoms with Crippen molar-refractivity contribution < 1.29 is 13.6 Å². The highest BCUT2D eigenvalue weighted by Gasteiger charge is 2.18. The molecule has 0 amide bonds. The van der Waals surface area contributed by atoms with Gasteiger partial charge in [0.2, 0.25) is 0 Å². The Morgan fingerprint density at radius 1 is 1.62 bits per heavy atom. The highest BCUT2D eigenvalue weighted by atomic mass is 127. The van der Waals surface area contributed by atoms with Crippen LogP contribution in [-0.4, -0.2) is 10.2 Å². The fourth-order valence-corrected chi connectivity index (χ4v) is 1.88. The summed E-state index contributed by atoms with van der Waals surface area (Å²) in [7, 11) is 0. The molecule has 0 bridgehead atoms. The Morgan fingerprint density at radius 3 is 2.69 bits per heavy atom. The summed E-state index contributed by atoms with van der Waals surface area (Å²) < 4.78 is 24.6. The molecule has 6 heteroatoms. The summed E-state index contributed by atoms with van der Waals surface area (Å²) in [6.45, 7) is 0. The molecule has 0 N–H and O–H groups in total. The van der Waals surface area contributed by atoms with Gasteiger partial charge >= 0.3 is 0 Å². The summed E-state index contributed by atoms with van der Waals surface area (Å²) in [5.41, 5.74) is -0.348. The van der Waals surface area contributed by atoms with Gasteiger partial charge < -0.3 is 0 Å². The van der Waals surface area contributed by atoms with Crippen LogP contribution in [0.5, 0.6) is 0 Å². The van der Waals surface area contributed by atoms with Crippen LogP contribution < -0.4 is 0 Å². The van der Waals surface area contributed by atoms with E-state index in [1.165, 1.54) is 6.07 Å². The first-order valence-corrected chi connectivity index (χ1v) is 4.62. The molecule has 0 radical (unpaired) electrons. The number of pyridine rings is 1. The van der Waals surface area contributed by atoms with Crippen LogP contribution >= 0.6 is 34.2 Å². The second-order valence-electron chi connectivity index (χ2n) is 2.13. The Balaban J connectivity index is 3.26. The highest BCUT2D eigenvalue weighted by molar-refractivity contribution is 14.1. The number of alkyl halides is 2. The lowest BCUT2D eigenvalue weighted by molar-refractivity contribution is 0.107. The van der Waals surface area contributed by atoms with E-state index in [-0.39, 0.29) is 9.13 Å². The molecule has 0 saturated heterocycles. The largest absolute Gasteiger partial charge is 0.281 e. The summed E-state index contributed by atoms with van der Waals surface area (Å²) in [6, 6.07) is 1.31. The number of aromatic nitrogens is 1. The molecule has 0 aliphatic rings. The van der Waals surface area contributed by atoms with Crippen LogP contribution in [0, 0.1) is 3.57 Å². The van der Waals surface area contributed by atoms with Crippen molar-refractivity contribution in [1.29, 1.82) is 0 Å². The predicted molar refractivity (Wildman–Crippen MR) is 52.1 cm³/mol. The smallest absolute Gasteiger partial charge is 0.276 e. The zero-order valence-electron chi connectivity index (χ0n) is 6.10. The summed E-state index contributed by atoms with van der Waals surface area (Å²) in [5, 5.41) is -0.756. The van der Waals surface area contributed by atoms with Gasteiger partial charge in [-0.25, -0.2) is 8.78 Å². The SMILES string of the molecule is O=C(Cl)c1ccnc(C(F)F)c1I. The molecule has 13 heavy (non-hydrogen) atoms. The lowest BCUT2D eigenvalue weighted by Crippen LogP contribution is -2.01. The van der Waals surface area contributed by atoms with Gasteiger partial charge in [-0.2, -0.15) is 0 Å². The van der Waals surface area contributed by atoms with Crippen molar-refractivity contribution in [1.82, 2.24) is 4.98 Å². The summed E-state index contributed by atoms with van der Waals surface area (Å²) >= 11 is 6.79. The average molecular weight is 317 g/mol. The molecule has 70 valence electrons. The van der Waals surface area contributed by atoms with E-state index in [1.54, 1.807) is 22.6 Å². The van der Waals surface area contributed by atoms with Gasteiger partial charge in [0.15, 0.2) is 0 Å². The molecule has 0 aromatic carbocycles. The van der Waals surface area contributed by atoms with Crippen LogP contribution in [0.1, 0.15) is 22.5 Å². The normalized spacial score (nSPS) is 10.5. The molecule has 0 atom stereocenters. The maximum absolute atomic E-state index is 12.2. The van der Waals surface area contributed by atoms with Crippen LogP contribution in [0.2, 0.25) is 0 Å². The summed E-state index contributed by atoms with van der Waals surface area (Å²) in [6.07, 6.45) is -1.55. The number of carbonyl (C=O) groups excluding carboxylic acids is 1. The van der Waals surface area contributed by atoms with Crippen molar-refractivity contribution in [3.63, 3.8) is 0 Å². The van der Waals surface area contributed by atoms with Gasteiger partial charge in [-0.1, -0.05) is 0 Å². The van der Waals surface area contributed by atoms with Crippen LogP contribution in [0.3, 0.4) is 0 Å². The summed E-state index contributed by atoms with van der Waals surface area (Å²) in [4.78, 5) is 14.2. The van der Waals surface area contributed by atoms with E-state index in [2.05, 4.69) is 4.98 Å². The molecular weight excluding hydrogens is 314 g/mol. The van der Waals surface area contributed by atoms with Gasteiger partial charge in [-0.3, -0.25) is 9.78 Å². The van der Waals surface area contributed by atoms with E-state index in [0.717, 1.165) is 6.20 Å². The Kier molecular flexibility index (Phi) is 3.55. The lowest BCUT2D eigenvalue weighted by atomic mass is 10.2. The van der Waals surface area contributed by atoms with Gasteiger partial charge in [0.1, 0.15) is 5.69 Å². The number of rotatable bonds is 2. The second-order valence-corrected chi connectivity index (χ2v) is 3.55. The number of carbonyl (C=O) groups is 1. The van der Waals surface area contributed by atoms with Crippen molar-refractivity contribution in [2.24, 2.45) is 0 Å². The maximum atomic E-state index is 12.2. The van der Waals surface area contributed by atoms with Crippen molar-refractivity contribution in [3.8, 4) is 0 Å². The number of hydrogen-bond donors (Lipinski definition) is 0. The predicted octanol–water partition coefficient (Wildman–Crippen LogP) is 3.00. The van der Waals surface area contributed by atoms with Crippen molar-refractivity contribution in [2.75, 3.05) is 0 Å². The zero-order chi connectivity index (χ0) is 10.0. The van der Waals surface area contributed by atoms with Crippen LogP contribution in [0.15, 0.2) is 12.3 Å². The third-order valence-corrected chi connectivity index (χ3v) is 2.67. The van der Waals surface area contributed by atoms with Gasteiger partial charge in [-0.05, 0) is 40.3 Å². The molecule has 0 aliphatic carbocycles. The summed E-state index contributed by atoms with van der Waals surface area (Å²) in [5.74, 6) is 0. The molecule has 0 unspecified atom stereocenters. The minimum Gasteiger partial charge on any atom is -0.276 e. The molecule has 0 fully saturated rings. The van der Waals surface area contributed by atoms with Crippen LogP contribution in [0.4, 0.5) is 8.78 Å². The van der Waals surface area contributed by atoms with Crippen molar-refractivity contribution in [3.05, 3.63) is 27.1 Å². The molecule has 2 nitrogen and oxygen atoms in total. The van der Waals surface area contributed by atoms with E-state index in [9.17, 15) is 13.6 Å². The highest BCUT2D eigenvalue weighted by Crippen LogP contribution is 2.25. The second kappa shape index (κ2) is 4.28. The van der Waals surface area contributed by atoms with E-state index >= 15 is 0 Å². The number of hydrogen-bond acceptors (Lipinski definition) is 2. The van der Waals surface area contributed by atoms with Gasteiger partial charge in [0.25, 0.3) is 11.7 Å². The monoisotopic (exact) mass is 317 g/mol. The standard InChI is InChI=1S/C7H3ClF2INO/c8-6(13)3-1-2-12-5(4(3)11)7(9)10/h1-2,7H. The molecule has 0 saturated carbocycles. The molecule has 1 aromatic rings. The third-order valence-electron chi connectivity index (χ3n) is 1.33. The van der Waals surface area contributed by atoms with Crippen molar-refractivity contribution >= 4 is 39.4 Å². The average Bonchev–Trinajstić information content (AvgIpc) is 2.03. The van der Waals surface area contributed by atoms with E-state index in [0.29, 0.717) is 0 Å². The topological polar surface area (TPSA) is 30.0 Å². The quantitative estimate of drug-likeness (QED) is 0.620. The van der Waals surface area contributed by atoms with Crippen LogP contribution in [0.25, 0.3) is 0 Å². The Labute approximate surface area is 91.4 Å². The first kappa shape index (κ1) is 10.8. The van der Waals surface area contributed by atoms with E-state index in [1.807, 2.05) is 0 Å². The van der Waals surface area contributed by atoms with Gasteiger partial charge in [0.05, 0.1) is 9.13 Å². The number of nitrogens with zero attached hydrogens (tertiary/aromatic N) is 1. The first-order valence-electron chi connectivity index (χ1n) is 3.16. The van der Waals surface area contributed by atoms with E-state index in [4.69, 9.17) is 11.6 Å². The molecule has 0 spiro atoms. The van der Waals surface area contributed by atoms with E-state index < -0.39 is 17.4 Å². The Morgan fingerprint density at radius 2 is 2.23 bits per heavy atom. The Hall–Kier alpha value is -0.300. The first-order chi connectivity index (χ1) is 6.04. The molecule has 1 aromatic heterocycles. The zero-order valence-corrected chi connectivity index (χ0v) is 9.01. The van der Waals surface area contributed by atoms with Crippen LogP contribution in [-0.2, 0) is 0 Å². The van der Waals surface area contributed by atoms with Gasteiger partial charge in [0, 0.05) is 6.20 Å². The fraction of sp³-hybridized carbons (Fsp3) is 0.143. The lowest BCUT2D eigenvalue weighted by Gasteiger charge is -2.03. The third kappa shape index (κ3) is 2.34. The maximum Gasteiger partial charge on any atom is 0.281 e. The molecular formula is C7H3ClF2INO. The number of halogens is 4. The minimum atomic E-state index is -2.69. The molecule has 1 rings (SSSR count). The molecule has 1 heterocycles. The minimum absolute atomic E-state index is 0.0626. The Bertz CT molecular complexity index is 345. The molecule has 0 aliphatic heterocycles.